The van der Waals surface area contributed by atoms with Crippen LogP contribution in [0.2, 0.25) is 0 Å². The van der Waals surface area contributed by atoms with Gasteiger partial charge in [0, 0.05) is 11.8 Å². The molecule has 4 nitrogen and oxygen atoms in total. The van der Waals surface area contributed by atoms with Gasteiger partial charge in [0.2, 0.25) is 0 Å². The lowest BCUT2D eigenvalue weighted by Crippen LogP contribution is -2.26. The van der Waals surface area contributed by atoms with E-state index in [-0.39, 0.29) is 11.4 Å². The van der Waals surface area contributed by atoms with Gasteiger partial charge in [0.25, 0.3) is 0 Å². The largest absolute Gasteiger partial charge is 0.493 e. The van der Waals surface area contributed by atoms with Gasteiger partial charge in [-0.3, -0.25) is 4.79 Å². The molecule has 37 heavy (non-hydrogen) atoms. The van der Waals surface area contributed by atoms with E-state index in [0.717, 1.165) is 42.6 Å². The Morgan fingerprint density at radius 2 is 1.49 bits per heavy atom. The third-order valence-corrected chi connectivity index (χ3v) is 7.89. The van der Waals surface area contributed by atoms with Crippen molar-refractivity contribution in [2.45, 2.75) is 104 Å². The second-order valence-corrected chi connectivity index (χ2v) is 10.1. The molecule has 0 amide bonds. The fourth-order valence-corrected chi connectivity index (χ4v) is 5.02. The lowest BCUT2D eigenvalue weighted by Gasteiger charge is -2.34. The lowest BCUT2D eigenvalue weighted by molar-refractivity contribution is -0.143. The highest BCUT2D eigenvalue weighted by molar-refractivity contribution is 5.69. The Labute approximate surface area is 225 Å². The van der Waals surface area contributed by atoms with Crippen molar-refractivity contribution in [2.75, 3.05) is 13.2 Å². The van der Waals surface area contributed by atoms with E-state index >= 15 is 0 Å². The minimum absolute atomic E-state index is 0.0799. The molecule has 4 heteroatoms. The number of aliphatic hydroxyl groups is 1. The van der Waals surface area contributed by atoms with Crippen LogP contribution in [0.15, 0.2) is 42.5 Å². The fraction of sp³-hybridized carbons (Fsp3) is 0.545. The van der Waals surface area contributed by atoms with Crippen LogP contribution in [0.1, 0.15) is 107 Å². The normalized spacial score (nSPS) is 12.2. The quantitative estimate of drug-likeness (QED) is 0.195. The maximum Gasteiger partial charge on any atom is 0.305 e. The summed E-state index contributed by atoms with van der Waals surface area (Å²) in [5, 5.41) is 10.6. The summed E-state index contributed by atoms with van der Waals surface area (Å²) in [6, 6.07) is 13.3. The van der Waals surface area contributed by atoms with Crippen LogP contribution in [-0.4, -0.2) is 29.9 Å². The first kappa shape index (κ1) is 30.6. The molecule has 2 aromatic carbocycles. The van der Waals surface area contributed by atoms with Gasteiger partial charge in [-0.05, 0) is 93.2 Å². The number of carbonyl (C=O) groups excluding carboxylic acids is 1. The molecule has 2 rings (SSSR count). The highest BCUT2D eigenvalue weighted by Gasteiger charge is 2.31. The van der Waals surface area contributed by atoms with Gasteiger partial charge in [-0.15, -0.1) is 0 Å². The summed E-state index contributed by atoms with van der Waals surface area (Å²) >= 11 is 0. The number of hydrogen-bond donors (Lipinski definition) is 1. The molecule has 0 aliphatic carbocycles. The van der Waals surface area contributed by atoms with E-state index < -0.39 is 5.60 Å². The van der Waals surface area contributed by atoms with Crippen LogP contribution < -0.4 is 4.74 Å². The van der Waals surface area contributed by atoms with Crippen LogP contribution >= 0.6 is 0 Å². The molecule has 0 heterocycles. The first-order chi connectivity index (χ1) is 17.7. The molecule has 0 saturated carbocycles. The second kappa shape index (κ2) is 14.4. The van der Waals surface area contributed by atoms with Gasteiger partial charge in [0.05, 0.1) is 18.8 Å². The van der Waals surface area contributed by atoms with Crippen molar-refractivity contribution >= 4 is 12.0 Å². The number of rotatable bonds is 15. The average Bonchev–Trinajstić information content (AvgIpc) is 2.90. The first-order valence-electron chi connectivity index (χ1n) is 14.1. The number of hydrogen-bond acceptors (Lipinski definition) is 4. The number of carbonyl (C=O) groups is 1. The highest BCUT2D eigenvalue weighted by atomic mass is 16.5. The smallest absolute Gasteiger partial charge is 0.305 e. The molecule has 0 radical (unpaired) electrons. The standard InChI is InChI=1S/C33H48O4/c1-8-32(35,9-2)21-20-27-16-17-28(23-25(27)6)33(10-3,11-4)29-18-19-30(26(7)24-29)37-22-14-13-15-31(34)36-12-5/h16-21,23-24,35H,8-15,22H2,1-7H3. The number of esters is 1. The molecule has 204 valence electrons. The average molecular weight is 509 g/mol. The van der Waals surface area contributed by atoms with Crippen molar-refractivity contribution in [2.24, 2.45) is 0 Å². The van der Waals surface area contributed by atoms with E-state index in [4.69, 9.17) is 9.47 Å². The minimum atomic E-state index is -0.746. The SMILES string of the molecule is CCOC(=O)CCCCOc1ccc(C(CC)(CC)c2ccc(C=CC(O)(CC)CC)c(C)c2)cc1C. The van der Waals surface area contributed by atoms with Crippen LogP contribution in [0.25, 0.3) is 6.08 Å². The monoisotopic (exact) mass is 508 g/mol. The molecule has 2 aromatic rings. The Balaban J connectivity index is 2.20. The molecule has 0 aliphatic heterocycles. The van der Waals surface area contributed by atoms with Gasteiger partial charge in [-0.25, -0.2) is 0 Å². The Bertz CT molecular complexity index is 1030. The molecule has 0 bridgehead atoms. The zero-order valence-electron chi connectivity index (χ0n) is 24.2. The summed E-state index contributed by atoms with van der Waals surface area (Å²) in [6.45, 7) is 15.7. The molecular formula is C33H48O4. The topological polar surface area (TPSA) is 55.8 Å². The zero-order valence-corrected chi connectivity index (χ0v) is 24.2. The summed E-state index contributed by atoms with van der Waals surface area (Å²) < 4.78 is 11.0. The number of aryl methyl sites for hydroxylation is 2. The van der Waals surface area contributed by atoms with E-state index in [1.165, 1.54) is 16.7 Å². The van der Waals surface area contributed by atoms with Crippen molar-refractivity contribution < 1.29 is 19.4 Å². The predicted octanol–water partition coefficient (Wildman–Crippen LogP) is 8.09. The van der Waals surface area contributed by atoms with E-state index in [2.05, 4.69) is 70.2 Å². The maximum atomic E-state index is 11.5. The Kier molecular flexibility index (Phi) is 11.9. The summed E-state index contributed by atoms with van der Waals surface area (Å²) in [5.41, 5.74) is 5.29. The Morgan fingerprint density at radius 3 is 2.03 bits per heavy atom. The Hall–Kier alpha value is -2.59. The summed E-state index contributed by atoms with van der Waals surface area (Å²) in [4.78, 5) is 11.5. The van der Waals surface area contributed by atoms with Gasteiger partial charge < -0.3 is 14.6 Å². The third kappa shape index (κ3) is 7.95. The summed E-state index contributed by atoms with van der Waals surface area (Å²) in [5.74, 6) is 0.762. The number of unbranched alkanes of at least 4 members (excludes halogenated alkanes) is 1. The van der Waals surface area contributed by atoms with Gasteiger partial charge in [0.15, 0.2) is 0 Å². The number of benzene rings is 2. The van der Waals surface area contributed by atoms with E-state index in [0.29, 0.717) is 32.5 Å². The molecule has 0 atom stereocenters. The molecule has 0 spiro atoms. The van der Waals surface area contributed by atoms with Crippen molar-refractivity contribution in [3.63, 3.8) is 0 Å². The summed E-state index contributed by atoms with van der Waals surface area (Å²) in [7, 11) is 0. The van der Waals surface area contributed by atoms with Gasteiger partial charge in [-0.1, -0.05) is 70.2 Å². The number of ether oxygens (including phenoxy) is 2. The van der Waals surface area contributed by atoms with Crippen LogP contribution in [0.3, 0.4) is 0 Å². The lowest BCUT2D eigenvalue weighted by atomic mass is 9.70. The molecule has 0 fully saturated rings. The molecule has 0 aromatic heterocycles. The zero-order chi connectivity index (χ0) is 27.5. The molecule has 0 aliphatic rings. The van der Waals surface area contributed by atoms with Crippen LogP contribution in [0.4, 0.5) is 0 Å². The van der Waals surface area contributed by atoms with Crippen LogP contribution in [-0.2, 0) is 14.9 Å². The molecule has 1 N–H and O–H groups in total. The first-order valence-corrected chi connectivity index (χ1v) is 14.1. The van der Waals surface area contributed by atoms with Crippen molar-refractivity contribution in [3.8, 4) is 5.75 Å². The highest BCUT2D eigenvalue weighted by Crippen LogP contribution is 2.41. The minimum Gasteiger partial charge on any atom is -0.493 e. The fourth-order valence-electron chi connectivity index (χ4n) is 5.02. The van der Waals surface area contributed by atoms with Crippen LogP contribution in [0, 0.1) is 13.8 Å². The second-order valence-electron chi connectivity index (χ2n) is 10.1. The van der Waals surface area contributed by atoms with E-state index in [9.17, 15) is 9.90 Å². The summed E-state index contributed by atoms with van der Waals surface area (Å²) in [6.07, 6.45) is 9.45. The van der Waals surface area contributed by atoms with Crippen LogP contribution in [0.5, 0.6) is 5.75 Å². The van der Waals surface area contributed by atoms with E-state index in [1.54, 1.807) is 0 Å². The Morgan fingerprint density at radius 1 is 0.865 bits per heavy atom. The molecular weight excluding hydrogens is 460 g/mol. The maximum absolute atomic E-state index is 11.5. The van der Waals surface area contributed by atoms with Crippen molar-refractivity contribution in [1.29, 1.82) is 0 Å². The van der Waals surface area contributed by atoms with Gasteiger partial charge in [-0.2, -0.15) is 0 Å². The van der Waals surface area contributed by atoms with Crippen molar-refractivity contribution in [1.82, 2.24) is 0 Å². The predicted molar refractivity (Wildman–Crippen MR) is 154 cm³/mol. The van der Waals surface area contributed by atoms with Gasteiger partial charge in [0.1, 0.15) is 5.75 Å². The van der Waals surface area contributed by atoms with Crippen molar-refractivity contribution in [3.05, 3.63) is 70.3 Å². The third-order valence-electron chi connectivity index (χ3n) is 7.89. The molecule has 0 unspecified atom stereocenters. The van der Waals surface area contributed by atoms with Gasteiger partial charge >= 0.3 is 5.97 Å². The molecule has 0 saturated heterocycles. The van der Waals surface area contributed by atoms with E-state index in [1.807, 2.05) is 26.8 Å².